The second-order valence-electron chi connectivity index (χ2n) is 5.95. The lowest BCUT2D eigenvalue weighted by atomic mass is 10.2. The lowest BCUT2D eigenvalue weighted by molar-refractivity contribution is 0.101. The smallest absolute Gasteiger partial charge is 0.278 e. The predicted molar refractivity (Wildman–Crippen MR) is 106 cm³/mol. The van der Waals surface area contributed by atoms with Gasteiger partial charge < -0.3 is 24.3 Å². The monoisotopic (exact) mass is 398 g/mol. The summed E-state index contributed by atoms with van der Waals surface area (Å²) in [6, 6.07) is 12.4. The molecule has 3 rings (SSSR count). The molecule has 1 heterocycles. The molecule has 0 radical (unpaired) electrons. The van der Waals surface area contributed by atoms with E-state index in [9.17, 15) is 4.79 Å². The minimum atomic E-state index is -0.441. The Balaban J connectivity index is 1.94. The molecule has 0 fully saturated rings. The van der Waals surface area contributed by atoms with E-state index in [0.717, 1.165) is 5.69 Å². The zero-order chi connectivity index (χ0) is 20.8. The van der Waals surface area contributed by atoms with E-state index in [1.807, 2.05) is 12.1 Å². The molecule has 0 atom stereocenters. The van der Waals surface area contributed by atoms with Crippen molar-refractivity contribution in [3.63, 3.8) is 0 Å². The number of ether oxygens (including phenoxy) is 4. The fourth-order valence-corrected chi connectivity index (χ4v) is 2.77. The summed E-state index contributed by atoms with van der Waals surface area (Å²) in [6.45, 7) is 0.150. The molecule has 0 spiro atoms. The number of amides is 1. The van der Waals surface area contributed by atoms with E-state index in [0.29, 0.717) is 28.6 Å². The van der Waals surface area contributed by atoms with Gasteiger partial charge in [0.05, 0.1) is 39.3 Å². The second-order valence-corrected chi connectivity index (χ2v) is 5.95. The molecule has 0 saturated heterocycles. The molecule has 9 nitrogen and oxygen atoms in total. The number of nitrogens with zero attached hydrogens (tertiary/aromatic N) is 3. The van der Waals surface area contributed by atoms with Crippen LogP contribution in [0.2, 0.25) is 0 Å². The van der Waals surface area contributed by atoms with E-state index in [4.69, 9.17) is 18.9 Å². The molecule has 1 N–H and O–H groups in total. The Morgan fingerprint density at radius 3 is 2.28 bits per heavy atom. The third-order valence-corrected chi connectivity index (χ3v) is 4.23. The zero-order valence-corrected chi connectivity index (χ0v) is 16.6. The Labute approximate surface area is 168 Å². The number of methoxy groups -OCH3 is 4. The van der Waals surface area contributed by atoms with Crippen molar-refractivity contribution < 1.29 is 23.7 Å². The molecule has 3 aromatic rings. The van der Waals surface area contributed by atoms with Crippen LogP contribution in [-0.4, -0.2) is 49.3 Å². The van der Waals surface area contributed by atoms with E-state index < -0.39 is 5.91 Å². The summed E-state index contributed by atoms with van der Waals surface area (Å²) in [5.41, 5.74) is 1.84. The molecular weight excluding hydrogens is 376 g/mol. The molecule has 1 amide bonds. The number of rotatable bonds is 8. The van der Waals surface area contributed by atoms with Gasteiger partial charge in [-0.15, -0.1) is 5.10 Å². The first-order valence-corrected chi connectivity index (χ1v) is 8.72. The second kappa shape index (κ2) is 9.07. The number of benzene rings is 2. The molecule has 9 heteroatoms. The first-order chi connectivity index (χ1) is 14.1. The Morgan fingerprint density at radius 1 is 0.966 bits per heavy atom. The number of nitrogens with one attached hydrogen (secondary N) is 1. The maximum absolute atomic E-state index is 12.9. The summed E-state index contributed by atoms with van der Waals surface area (Å²) in [5.74, 6) is 1.35. The van der Waals surface area contributed by atoms with Crippen LogP contribution < -0.4 is 19.5 Å². The number of aromatic nitrogens is 3. The summed E-state index contributed by atoms with van der Waals surface area (Å²) in [6.07, 6.45) is 0. The van der Waals surface area contributed by atoms with Crippen LogP contribution in [0.3, 0.4) is 0 Å². The normalized spacial score (nSPS) is 10.5. The number of carbonyl (C=O) groups is 1. The molecule has 2 aromatic carbocycles. The van der Waals surface area contributed by atoms with Crippen molar-refractivity contribution in [3.05, 3.63) is 53.9 Å². The average Bonchev–Trinajstić information content (AvgIpc) is 3.17. The fourth-order valence-electron chi connectivity index (χ4n) is 2.77. The van der Waals surface area contributed by atoms with Gasteiger partial charge in [0, 0.05) is 13.2 Å². The Morgan fingerprint density at radius 2 is 1.66 bits per heavy atom. The lowest BCUT2D eigenvalue weighted by Gasteiger charge is -2.12. The summed E-state index contributed by atoms with van der Waals surface area (Å²) in [7, 11) is 6.20. The highest BCUT2D eigenvalue weighted by atomic mass is 16.5. The van der Waals surface area contributed by atoms with Gasteiger partial charge in [-0.05, 0) is 36.4 Å². The lowest BCUT2D eigenvalue weighted by Crippen LogP contribution is -2.16. The molecule has 1 aromatic heterocycles. The topological polar surface area (TPSA) is 96.7 Å². The SMILES string of the molecule is COCc1c(C(=O)Nc2cc(OC)ccc2OC)nnn1-c1ccc(OC)cc1. The van der Waals surface area contributed by atoms with Crippen LogP contribution >= 0.6 is 0 Å². The maximum atomic E-state index is 12.9. The van der Waals surface area contributed by atoms with E-state index in [1.165, 1.54) is 14.2 Å². The van der Waals surface area contributed by atoms with Crippen molar-refractivity contribution in [2.75, 3.05) is 33.8 Å². The van der Waals surface area contributed by atoms with Crippen LogP contribution in [0.1, 0.15) is 16.2 Å². The Hall–Kier alpha value is -3.59. The van der Waals surface area contributed by atoms with E-state index in [-0.39, 0.29) is 12.3 Å². The molecule has 152 valence electrons. The number of hydrogen-bond donors (Lipinski definition) is 1. The van der Waals surface area contributed by atoms with Crippen LogP contribution in [-0.2, 0) is 11.3 Å². The Bertz CT molecular complexity index is 985. The van der Waals surface area contributed by atoms with Gasteiger partial charge in [-0.25, -0.2) is 4.68 Å². The first-order valence-electron chi connectivity index (χ1n) is 8.72. The van der Waals surface area contributed by atoms with Crippen molar-refractivity contribution in [3.8, 4) is 22.9 Å². The van der Waals surface area contributed by atoms with Crippen molar-refractivity contribution in [2.24, 2.45) is 0 Å². The maximum Gasteiger partial charge on any atom is 0.278 e. The fraction of sp³-hybridized carbons (Fsp3) is 0.250. The van der Waals surface area contributed by atoms with Crippen molar-refractivity contribution >= 4 is 11.6 Å². The largest absolute Gasteiger partial charge is 0.497 e. The Kier molecular flexibility index (Phi) is 6.30. The van der Waals surface area contributed by atoms with Gasteiger partial charge >= 0.3 is 0 Å². The third kappa shape index (κ3) is 4.30. The molecule has 0 aliphatic carbocycles. The quantitative estimate of drug-likeness (QED) is 0.623. The molecule has 0 bridgehead atoms. The van der Waals surface area contributed by atoms with E-state index in [1.54, 1.807) is 49.2 Å². The highest BCUT2D eigenvalue weighted by Gasteiger charge is 2.22. The molecular formula is C20H22N4O5. The third-order valence-electron chi connectivity index (χ3n) is 4.23. The standard InChI is InChI=1S/C20H22N4O5/c1-26-12-17-19(22-23-24(17)13-5-7-14(27-2)8-6-13)20(25)21-16-11-15(28-3)9-10-18(16)29-4/h5-11H,12H2,1-4H3,(H,21,25). The van der Waals surface area contributed by atoms with Gasteiger partial charge in [-0.2, -0.15) is 0 Å². The van der Waals surface area contributed by atoms with E-state index in [2.05, 4.69) is 15.6 Å². The highest BCUT2D eigenvalue weighted by molar-refractivity contribution is 6.04. The van der Waals surface area contributed by atoms with Gasteiger partial charge in [0.25, 0.3) is 5.91 Å². The number of anilines is 1. The average molecular weight is 398 g/mol. The minimum Gasteiger partial charge on any atom is -0.497 e. The predicted octanol–water partition coefficient (Wildman–Crippen LogP) is 2.69. The van der Waals surface area contributed by atoms with Gasteiger partial charge in [0.2, 0.25) is 0 Å². The molecule has 29 heavy (non-hydrogen) atoms. The van der Waals surface area contributed by atoms with Crippen LogP contribution in [0.4, 0.5) is 5.69 Å². The summed E-state index contributed by atoms with van der Waals surface area (Å²) < 4.78 is 22.5. The van der Waals surface area contributed by atoms with Gasteiger partial charge in [-0.3, -0.25) is 4.79 Å². The van der Waals surface area contributed by atoms with Crippen LogP contribution in [0.25, 0.3) is 5.69 Å². The first kappa shape index (κ1) is 20.2. The van der Waals surface area contributed by atoms with Crippen molar-refractivity contribution in [2.45, 2.75) is 6.61 Å². The number of hydrogen-bond acceptors (Lipinski definition) is 7. The molecule has 0 aliphatic heterocycles. The van der Waals surface area contributed by atoms with Crippen LogP contribution in [0.15, 0.2) is 42.5 Å². The minimum absolute atomic E-state index is 0.146. The van der Waals surface area contributed by atoms with Gasteiger partial charge in [-0.1, -0.05) is 5.21 Å². The van der Waals surface area contributed by atoms with Gasteiger partial charge in [0.1, 0.15) is 22.9 Å². The molecule has 0 saturated carbocycles. The van der Waals surface area contributed by atoms with Crippen LogP contribution in [0.5, 0.6) is 17.2 Å². The summed E-state index contributed by atoms with van der Waals surface area (Å²) >= 11 is 0. The van der Waals surface area contributed by atoms with Gasteiger partial charge in [0.15, 0.2) is 5.69 Å². The molecule has 0 unspecified atom stereocenters. The molecule has 0 aliphatic rings. The van der Waals surface area contributed by atoms with E-state index >= 15 is 0 Å². The van der Waals surface area contributed by atoms with Crippen molar-refractivity contribution in [1.29, 1.82) is 0 Å². The zero-order valence-electron chi connectivity index (χ0n) is 16.6. The number of carbonyl (C=O) groups excluding carboxylic acids is 1. The van der Waals surface area contributed by atoms with Crippen LogP contribution in [0, 0.1) is 0 Å². The summed E-state index contributed by atoms with van der Waals surface area (Å²) in [5, 5.41) is 11.0. The summed E-state index contributed by atoms with van der Waals surface area (Å²) in [4.78, 5) is 12.9. The van der Waals surface area contributed by atoms with Crippen molar-refractivity contribution in [1.82, 2.24) is 15.0 Å². The highest BCUT2D eigenvalue weighted by Crippen LogP contribution is 2.29.